The Kier molecular flexibility index (Phi) is 5.31. The highest BCUT2D eigenvalue weighted by atomic mass is 16.5. The zero-order valence-electron chi connectivity index (χ0n) is 19.5. The zero-order valence-corrected chi connectivity index (χ0v) is 19.5. The Morgan fingerprint density at radius 1 is 0.943 bits per heavy atom. The number of hydrogen-bond acceptors (Lipinski definition) is 4. The van der Waals surface area contributed by atoms with E-state index in [1.54, 1.807) is 0 Å². The maximum atomic E-state index is 13.0. The Morgan fingerprint density at radius 3 is 2.23 bits per heavy atom. The molecule has 0 saturated heterocycles. The molecule has 1 unspecified atom stereocenters. The van der Waals surface area contributed by atoms with E-state index in [2.05, 4.69) is 34.9 Å². The van der Waals surface area contributed by atoms with E-state index in [0.717, 1.165) is 36.8 Å². The van der Waals surface area contributed by atoms with Crippen molar-refractivity contribution in [1.29, 1.82) is 0 Å². The first-order valence-electron chi connectivity index (χ1n) is 12.6. The third-order valence-corrected chi connectivity index (χ3v) is 8.74. The average Bonchev–Trinajstić information content (AvgIpc) is 3.48. The van der Waals surface area contributed by atoms with Gasteiger partial charge in [-0.2, -0.15) is 0 Å². The first-order valence-corrected chi connectivity index (χ1v) is 12.6. The fourth-order valence-corrected chi connectivity index (χ4v) is 6.44. The number of carboxylic acids is 1. The molecule has 4 aliphatic rings. The van der Waals surface area contributed by atoms with Crippen molar-refractivity contribution in [3.63, 3.8) is 0 Å². The van der Waals surface area contributed by atoms with Crippen molar-refractivity contribution in [3.05, 3.63) is 59.7 Å². The van der Waals surface area contributed by atoms with Gasteiger partial charge < -0.3 is 20.5 Å². The number of alkyl carbamates (subject to hydrolysis) is 1. The summed E-state index contributed by atoms with van der Waals surface area (Å²) in [7, 11) is 0. The van der Waals surface area contributed by atoms with Crippen LogP contribution < -0.4 is 10.6 Å². The third kappa shape index (κ3) is 3.87. The lowest BCUT2D eigenvalue weighted by Crippen LogP contribution is -2.53. The minimum atomic E-state index is -0.726. The molecule has 2 aromatic carbocycles. The number of benzene rings is 2. The zero-order chi connectivity index (χ0) is 24.2. The molecule has 0 heterocycles. The van der Waals surface area contributed by atoms with Crippen LogP contribution in [0.25, 0.3) is 11.1 Å². The summed E-state index contributed by atoms with van der Waals surface area (Å²) in [4.78, 5) is 36.8. The molecule has 2 amide bonds. The van der Waals surface area contributed by atoms with E-state index in [1.807, 2.05) is 24.3 Å². The lowest BCUT2D eigenvalue weighted by Gasteiger charge is -2.41. The molecule has 7 nitrogen and oxygen atoms in total. The number of rotatable bonds is 7. The van der Waals surface area contributed by atoms with E-state index in [0.29, 0.717) is 12.3 Å². The average molecular weight is 475 g/mol. The monoisotopic (exact) mass is 474 g/mol. The summed E-state index contributed by atoms with van der Waals surface area (Å²) in [5.74, 6) is -0.355. The summed E-state index contributed by atoms with van der Waals surface area (Å²) in [6.45, 7) is 0.503. The van der Waals surface area contributed by atoms with Crippen LogP contribution in [0.15, 0.2) is 48.5 Å². The molecule has 2 aromatic rings. The molecule has 3 fully saturated rings. The second-order valence-electron chi connectivity index (χ2n) is 10.7. The minimum Gasteiger partial charge on any atom is -0.481 e. The van der Waals surface area contributed by atoms with E-state index in [-0.39, 0.29) is 42.9 Å². The lowest BCUT2D eigenvalue weighted by molar-refractivity contribution is -0.141. The summed E-state index contributed by atoms with van der Waals surface area (Å²) >= 11 is 0. The van der Waals surface area contributed by atoms with Crippen molar-refractivity contribution in [1.82, 2.24) is 10.6 Å². The number of amides is 2. The molecule has 3 saturated carbocycles. The second kappa shape index (κ2) is 8.40. The molecule has 0 bridgehead atoms. The van der Waals surface area contributed by atoms with Crippen molar-refractivity contribution in [2.24, 2.45) is 23.2 Å². The van der Waals surface area contributed by atoms with Crippen LogP contribution in [0.5, 0.6) is 0 Å². The van der Waals surface area contributed by atoms with Gasteiger partial charge in [0.15, 0.2) is 0 Å². The standard InChI is InChI=1S/C28H30N2O5/c31-25(32)17-11-16-13-24(22(16)12-17)30-26(33)28(9-10-28)15-29-27(34)35-14-23-20-7-3-1-5-18(20)19-6-2-4-8-21(19)23/h1-8,16-17,22-24H,9-15H2,(H,29,34)(H,30,33)(H,31,32)/t16-,17?,22-,24+/m0/s1. The number of fused-ring (bicyclic) bond motifs is 4. The summed E-state index contributed by atoms with van der Waals surface area (Å²) < 4.78 is 5.61. The molecule has 4 aliphatic carbocycles. The summed E-state index contributed by atoms with van der Waals surface area (Å²) in [6.07, 6.45) is 3.20. The van der Waals surface area contributed by atoms with Crippen molar-refractivity contribution < 1.29 is 24.2 Å². The van der Waals surface area contributed by atoms with Gasteiger partial charge in [0, 0.05) is 18.5 Å². The number of hydrogen-bond donors (Lipinski definition) is 3. The molecule has 4 atom stereocenters. The third-order valence-electron chi connectivity index (χ3n) is 8.74. The van der Waals surface area contributed by atoms with Gasteiger partial charge in [-0.3, -0.25) is 9.59 Å². The molecule has 0 aromatic heterocycles. The maximum Gasteiger partial charge on any atom is 0.407 e. The lowest BCUT2D eigenvalue weighted by atomic mass is 9.71. The van der Waals surface area contributed by atoms with Gasteiger partial charge in [-0.1, -0.05) is 48.5 Å². The van der Waals surface area contributed by atoms with E-state index in [9.17, 15) is 19.5 Å². The fraction of sp³-hybridized carbons (Fsp3) is 0.464. The highest BCUT2D eigenvalue weighted by Gasteiger charge is 2.54. The predicted molar refractivity (Wildman–Crippen MR) is 129 cm³/mol. The van der Waals surface area contributed by atoms with Crippen molar-refractivity contribution in [2.45, 2.75) is 44.1 Å². The number of carbonyl (C=O) groups is 3. The van der Waals surface area contributed by atoms with Gasteiger partial charge in [0.2, 0.25) is 5.91 Å². The van der Waals surface area contributed by atoms with Gasteiger partial charge in [-0.25, -0.2) is 4.79 Å². The van der Waals surface area contributed by atoms with E-state index in [4.69, 9.17) is 4.74 Å². The normalized spacial score (nSPS) is 27.1. The SMILES string of the molecule is O=C(NCC1(C(=O)N[C@@H]2C[C@@H]3CC(C(=O)O)C[C@@H]32)CC1)OCC1c2ccccc2-c2ccccc21. The van der Waals surface area contributed by atoms with Crippen LogP contribution in [-0.2, 0) is 14.3 Å². The number of aliphatic carboxylic acids is 1. The van der Waals surface area contributed by atoms with Crippen molar-refractivity contribution in [2.75, 3.05) is 13.2 Å². The molecule has 3 N–H and O–H groups in total. The van der Waals surface area contributed by atoms with Crippen molar-refractivity contribution in [3.8, 4) is 11.1 Å². The number of ether oxygens (including phenoxy) is 1. The fourth-order valence-electron chi connectivity index (χ4n) is 6.44. The maximum absolute atomic E-state index is 13.0. The molecule has 6 rings (SSSR count). The van der Waals surface area contributed by atoms with Gasteiger partial charge in [0.1, 0.15) is 6.61 Å². The number of nitrogens with one attached hydrogen (secondary N) is 2. The first kappa shape index (κ1) is 22.1. The van der Waals surface area contributed by atoms with Crippen LogP contribution in [0.4, 0.5) is 4.79 Å². The Balaban J connectivity index is 1.01. The van der Waals surface area contributed by atoms with Gasteiger partial charge >= 0.3 is 12.1 Å². The number of carboxylic acid groups (broad SMARTS) is 1. The van der Waals surface area contributed by atoms with Gasteiger partial charge in [-0.15, -0.1) is 0 Å². The molecular formula is C28H30N2O5. The predicted octanol–water partition coefficient (Wildman–Crippen LogP) is 3.92. The van der Waals surface area contributed by atoms with E-state index in [1.165, 1.54) is 11.1 Å². The number of carbonyl (C=O) groups excluding carboxylic acids is 2. The van der Waals surface area contributed by atoms with E-state index >= 15 is 0 Å². The van der Waals surface area contributed by atoms with Gasteiger partial charge in [-0.05, 0) is 66.2 Å². The highest BCUT2D eigenvalue weighted by Crippen LogP contribution is 2.51. The Morgan fingerprint density at radius 2 is 1.60 bits per heavy atom. The molecule has 35 heavy (non-hydrogen) atoms. The topological polar surface area (TPSA) is 105 Å². The summed E-state index contributed by atoms with van der Waals surface area (Å²) in [5.41, 5.74) is 4.12. The molecule has 0 radical (unpaired) electrons. The highest BCUT2D eigenvalue weighted by molar-refractivity contribution is 5.86. The van der Waals surface area contributed by atoms with Crippen LogP contribution in [0.2, 0.25) is 0 Å². The first-order chi connectivity index (χ1) is 16.9. The molecule has 182 valence electrons. The Hall–Kier alpha value is -3.35. The molecule has 0 aliphatic heterocycles. The van der Waals surface area contributed by atoms with Crippen LogP contribution in [0, 0.1) is 23.2 Å². The molecule has 0 spiro atoms. The van der Waals surface area contributed by atoms with Crippen LogP contribution >= 0.6 is 0 Å². The van der Waals surface area contributed by atoms with Crippen LogP contribution in [-0.4, -0.2) is 42.3 Å². The minimum absolute atomic E-state index is 0.000985. The van der Waals surface area contributed by atoms with Crippen LogP contribution in [0.1, 0.15) is 49.1 Å². The Bertz CT molecular complexity index is 1140. The van der Waals surface area contributed by atoms with Crippen LogP contribution in [0.3, 0.4) is 0 Å². The summed E-state index contributed by atoms with van der Waals surface area (Å²) in [5, 5.41) is 15.2. The van der Waals surface area contributed by atoms with Crippen molar-refractivity contribution >= 4 is 18.0 Å². The molecular weight excluding hydrogens is 444 g/mol. The van der Waals surface area contributed by atoms with E-state index < -0.39 is 17.5 Å². The van der Waals surface area contributed by atoms with Gasteiger partial charge in [0.25, 0.3) is 0 Å². The Labute approximate surface area is 204 Å². The molecule has 7 heteroatoms. The largest absolute Gasteiger partial charge is 0.481 e. The smallest absolute Gasteiger partial charge is 0.407 e. The summed E-state index contributed by atoms with van der Waals surface area (Å²) in [6, 6.07) is 16.5. The van der Waals surface area contributed by atoms with Gasteiger partial charge in [0.05, 0.1) is 11.3 Å². The quantitative estimate of drug-likeness (QED) is 0.564. The second-order valence-corrected chi connectivity index (χ2v) is 10.7.